The molecule has 0 saturated heterocycles. The molecule has 0 saturated carbocycles. The molecule has 1 N–H and O–H groups in total. The number of thioether (sulfide) groups is 1. The third kappa shape index (κ3) is 6.51. The van der Waals surface area contributed by atoms with Crippen molar-refractivity contribution in [2.24, 2.45) is 5.10 Å². The van der Waals surface area contributed by atoms with Crippen molar-refractivity contribution in [1.29, 1.82) is 0 Å². The van der Waals surface area contributed by atoms with Gasteiger partial charge in [-0.1, -0.05) is 24.3 Å². The maximum absolute atomic E-state index is 11.8. The van der Waals surface area contributed by atoms with Crippen LogP contribution in [0.25, 0.3) is 0 Å². The lowest BCUT2D eigenvalue weighted by molar-refractivity contribution is -0.118. The van der Waals surface area contributed by atoms with Crippen LogP contribution in [0.2, 0.25) is 0 Å². The van der Waals surface area contributed by atoms with Crippen molar-refractivity contribution in [2.75, 3.05) is 31.9 Å². The summed E-state index contributed by atoms with van der Waals surface area (Å²) < 4.78 is 5.12. The number of rotatable bonds is 8. The minimum Gasteiger partial charge on any atom is -0.497 e. The average molecular weight is 357 g/mol. The number of nitrogens with one attached hydrogen (secondary N) is 1. The molecule has 0 radical (unpaired) electrons. The zero-order valence-electron chi connectivity index (χ0n) is 14.7. The maximum atomic E-state index is 11.8. The molecule has 0 aliphatic rings. The van der Waals surface area contributed by atoms with Gasteiger partial charge in [-0.25, -0.2) is 5.43 Å². The Bertz CT molecular complexity index is 698. The highest BCUT2D eigenvalue weighted by atomic mass is 32.2. The average Bonchev–Trinajstić information content (AvgIpc) is 2.63. The largest absolute Gasteiger partial charge is 0.497 e. The summed E-state index contributed by atoms with van der Waals surface area (Å²) in [7, 11) is 5.63. The Hall–Kier alpha value is -2.47. The Morgan fingerprint density at radius 2 is 1.84 bits per heavy atom. The van der Waals surface area contributed by atoms with E-state index in [1.807, 2.05) is 67.5 Å². The summed E-state index contributed by atoms with van der Waals surface area (Å²) in [5, 5.41) is 4.00. The van der Waals surface area contributed by atoms with E-state index in [2.05, 4.69) is 10.5 Å². The molecule has 0 fully saturated rings. The van der Waals surface area contributed by atoms with Gasteiger partial charge >= 0.3 is 0 Å². The highest BCUT2D eigenvalue weighted by Gasteiger charge is 2.01. The van der Waals surface area contributed by atoms with Crippen LogP contribution in [0, 0.1) is 0 Å². The maximum Gasteiger partial charge on any atom is 0.250 e. The van der Waals surface area contributed by atoms with Crippen LogP contribution in [0.3, 0.4) is 0 Å². The van der Waals surface area contributed by atoms with E-state index in [9.17, 15) is 4.79 Å². The molecule has 0 aromatic heterocycles. The Morgan fingerprint density at radius 3 is 2.44 bits per heavy atom. The molecule has 0 aliphatic heterocycles. The summed E-state index contributed by atoms with van der Waals surface area (Å²) in [6.07, 6.45) is 1.64. The molecular weight excluding hydrogens is 334 g/mol. The number of amides is 1. The van der Waals surface area contributed by atoms with Crippen LogP contribution >= 0.6 is 11.8 Å². The van der Waals surface area contributed by atoms with Gasteiger partial charge in [-0.15, -0.1) is 11.8 Å². The van der Waals surface area contributed by atoms with Crippen molar-refractivity contribution >= 4 is 29.6 Å². The first-order valence-electron chi connectivity index (χ1n) is 7.88. The van der Waals surface area contributed by atoms with Crippen LogP contribution in [-0.2, 0) is 10.5 Å². The fourth-order valence-electron chi connectivity index (χ4n) is 2.05. The fourth-order valence-corrected chi connectivity index (χ4v) is 2.83. The van der Waals surface area contributed by atoms with Gasteiger partial charge in [0, 0.05) is 25.5 Å². The highest BCUT2D eigenvalue weighted by molar-refractivity contribution is 7.99. The standard InChI is InChI=1S/C19H23N3O2S/c1-22(2)17-8-4-15(5-9-17)12-20-21-19(23)14-25-13-16-6-10-18(24-3)11-7-16/h4-12H,13-14H2,1-3H3,(H,21,23)/b20-12-. The molecule has 0 atom stereocenters. The highest BCUT2D eigenvalue weighted by Crippen LogP contribution is 2.16. The monoisotopic (exact) mass is 357 g/mol. The molecule has 5 nitrogen and oxygen atoms in total. The third-order valence-electron chi connectivity index (χ3n) is 3.47. The summed E-state index contributed by atoms with van der Waals surface area (Å²) in [5.41, 5.74) is 5.77. The molecule has 25 heavy (non-hydrogen) atoms. The Labute approximate surface area is 153 Å². The molecular formula is C19H23N3O2S. The summed E-state index contributed by atoms with van der Waals surface area (Å²) >= 11 is 1.55. The van der Waals surface area contributed by atoms with Gasteiger partial charge in [-0.05, 0) is 35.4 Å². The van der Waals surface area contributed by atoms with Gasteiger partial charge in [-0.2, -0.15) is 5.10 Å². The van der Waals surface area contributed by atoms with Crippen LogP contribution < -0.4 is 15.1 Å². The smallest absolute Gasteiger partial charge is 0.250 e. The van der Waals surface area contributed by atoms with Gasteiger partial charge in [0.1, 0.15) is 5.75 Å². The van der Waals surface area contributed by atoms with E-state index in [-0.39, 0.29) is 5.91 Å². The molecule has 2 rings (SSSR count). The predicted octanol–water partition coefficient (Wildman–Crippen LogP) is 3.14. The molecule has 0 unspecified atom stereocenters. The number of nitrogens with zero attached hydrogens (tertiary/aromatic N) is 2. The lowest BCUT2D eigenvalue weighted by Gasteiger charge is -2.11. The lowest BCUT2D eigenvalue weighted by Crippen LogP contribution is -2.19. The number of carbonyl (C=O) groups is 1. The van der Waals surface area contributed by atoms with Crippen LogP contribution in [0.1, 0.15) is 11.1 Å². The van der Waals surface area contributed by atoms with Gasteiger partial charge in [0.2, 0.25) is 5.91 Å². The van der Waals surface area contributed by atoms with Crippen molar-refractivity contribution in [3.05, 3.63) is 59.7 Å². The van der Waals surface area contributed by atoms with Gasteiger partial charge in [0.25, 0.3) is 0 Å². The molecule has 2 aromatic carbocycles. The Kier molecular flexibility index (Phi) is 7.35. The van der Waals surface area contributed by atoms with Crippen molar-refractivity contribution < 1.29 is 9.53 Å². The summed E-state index contributed by atoms with van der Waals surface area (Å²) in [6.45, 7) is 0. The van der Waals surface area contributed by atoms with Gasteiger partial charge in [-0.3, -0.25) is 4.79 Å². The van der Waals surface area contributed by atoms with Crippen molar-refractivity contribution in [3.63, 3.8) is 0 Å². The number of anilines is 1. The summed E-state index contributed by atoms with van der Waals surface area (Å²) in [5.74, 6) is 1.86. The van der Waals surface area contributed by atoms with E-state index < -0.39 is 0 Å². The second kappa shape index (κ2) is 9.74. The quantitative estimate of drug-likeness (QED) is 0.582. The number of hydrazone groups is 1. The minimum atomic E-state index is -0.111. The number of carbonyl (C=O) groups excluding carboxylic acids is 1. The van der Waals surface area contributed by atoms with Gasteiger partial charge in [0.05, 0.1) is 19.1 Å². The number of benzene rings is 2. The second-order valence-corrected chi connectivity index (χ2v) is 6.61. The summed E-state index contributed by atoms with van der Waals surface area (Å²) in [6, 6.07) is 15.8. The SMILES string of the molecule is COc1ccc(CSCC(=O)N/N=C\c2ccc(N(C)C)cc2)cc1. The predicted molar refractivity (Wildman–Crippen MR) is 106 cm³/mol. The second-order valence-electron chi connectivity index (χ2n) is 5.62. The van der Waals surface area contributed by atoms with E-state index in [1.165, 1.54) is 0 Å². The number of ether oxygens (including phenoxy) is 1. The van der Waals surface area contributed by atoms with Crippen LogP contribution in [0.5, 0.6) is 5.75 Å². The van der Waals surface area contributed by atoms with E-state index in [1.54, 1.807) is 25.1 Å². The molecule has 1 amide bonds. The fraction of sp³-hybridized carbons (Fsp3) is 0.263. The Morgan fingerprint density at radius 1 is 1.16 bits per heavy atom. The molecule has 0 spiro atoms. The molecule has 132 valence electrons. The van der Waals surface area contributed by atoms with E-state index in [0.717, 1.165) is 28.3 Å². The van der Waals surface area contributed by atoms with Crippen LogP contribution in [0.4, 0.5) is 5.69 Å². The zero-order chi connectivity index (χ0) is 18.1. The minimum absolute atomic E-state index is 0.111. The molecule has 0 bridgehead atoms. The first-order valence-corrected chi connectivity index (χ1v) is 9.04. The molecule has 0 aliphatic carbocycles. The molecule has 0 heterocycles. The van der Waals surface area contributed by atoms with Crippen molar-refractivity contribution in [2.45, 2.75) is 5.75 Å². The first kappa shape index (κ1) is 18.9. The lowest BCUT2D eigenvalue weighted by atomic mass is 10.2. The zero-order valence-corrected chi connectivity index (χ0v) is 15.5. The van der Waals surface area contributed by atoms with E-state index in [0.29, 0.717) is 5.75 Å². The topological polar surface area (TPSA) is 53.9 Å². The van der Waals surface area contributed by atoms with E-state index in [4.69, 9.17) is 4.74 Å². The third-order valence-corrected chi connectivity index (χ3v) is 4.48. The normalized spacial score (nSPS) is 10.7. The number of hydrogen-bond acceptors (Lipinski definition) is 5. The van der Waals surface area contributed by atoms with Gasteiger partial charge in [0.15, 0.2) is 0 Å². The van der Waals surface area contributed by atoms with Crippen molar-refractivity contribution in [3.8, 4) is 5.75 Å². The van der Waals surface area contributed by atoms with Crippen molar-refractivity contribution in [1.82, 2.24) is 5.43 Å². The van der Waals surface area contributed by atoms with Crippen LogP contribution in [-0.4, -0.2) is 39.1 Å². The Balaban J connectivity index is 1.70. The van der Waals surface area contributed by atoms with E-state index >= 15 is 0 Å². The number of methoxy groups -OCH3 is 1. The van der Waals surface area contributed by atoms with Crippen LogP contribution in [0.15, 0.2) is 53.6 Å². The molecule has 2 aromatic rings. The molecule has 6 heteroatoms. The summed E-state index contributed by atoms with van der Waals surface area (Å²) in [4.78, 5) is 13.8. The number of hydrogen-bond donors (Lipinski definition) is 1. The first-order chi connectivity index (χ1) is 12.1. The van der Waals surface area contributed by atoms with Gasteiger partial charge < -0.3 is 9.64 Å².